The molecular formula is C19H21N3O4S. The number of thiazole rings is 1. The van der Waals surface area contributed by atoms with E-state index in [1.807, 2.05) is 42.8 Å². The average Bonchev–Trinajstić information content (AvgIpc) is 3.10. The zero-order valence-corrected chi connectivity index (χ0v) is 16.0. The number of aryl methyl sites for hydroxylation is 1. The third kappa shape index (κ3) is 3.95. The first kappa shape index (κ1) is 18.9. The molecule has 0 aliphatic heterocycles. The van der Waals surface area contributed by atoms with E-state index < -0.39 is 5.97 Å². The maximum atomic E-state index is 12.1. The molecule has 0 saturated heterocycles. The summed E-state index contributed by atoms with van der Waals surface area (Å²) in [7, 11) is 0. The van der Waals surface area contributed by atoms with Crippen LogP contribution < -0.4 is 4.87 Å². The van der Waals surface area contributed by atoms with Gasteiger partial charge in [0, 0.05) is 25.1 Å². The lowest BCUT2D eigenvalue weighted by molar-refractivity contribution is -0.137. The summed E-state index contributed by atoms with van der Waals surface area (Å²) in [6.07, 6.45) is 2.40. The van der Waals surface area contributed by atoms with Crippen molar-refractivity contribution in [2.45, 2.75) is 39.7 Å². The topological polar surface area (TPSA) is 97.4 Å². The molecule has 0 aliphatic rings. The van der Waals surface area contributed by atoms with Crippen molar-refractivity contribution in [1.29, 1.82) is 0 Å². The number of aliphatic carboxylic acids is 1. The number of carboxylic acid groups (broad SMARTS) is 1. The van der Waals surface area contributed by atoms with Crippen LogP contribution >= 0.6 is 11.3 Å². The SMILES string of the molecule is Cc1ccccc1-n1ncc(Cc2sc(=O)n(CCCC(=O)O)c2O)c1C. The van der Waals surface area contributed by atoms with Crippen LogP contribution in [-0.2, 0) is 17.8 Å². The maximum Gasteiger partial charge on any atom is 0.310 e. The fourth-order valence-corrected chi connectivity index (χ4v) is 3.91. The van der Waals surface area contributed by atoms with Crippen molar-refractivity contribution in [3.8, 4) is 11.6 Å². The van der Waals surface area contributed by atoms with Gasteiger partial charge in [0.05, 0.1) is 16.8 Å². The van der Waals surface area contributed by atoms with Crippen LogP contribution in [0, 0.1) is 13.8 Å². The first-order valence-corrected chi connectivity index (χ1v) is 9.43. The van der Waals surface area contributed by atoms with Gasteiger partial charge in [0.2, 0.25) is 5.88 Å². The Kier molecular flexibility index (Phi) is 5.46. The fourth-order valence-electron chi connectivity index (χ4n) is 2.98. The molecular weight excluding hydrogens is 366 g/mol. The molecule has 1 aromatic carbocycles. The van der Waals surface area contributed by atoms with Gasteiger partial charge >= 0.3 is 10.8 Å². The van der Waals surface area contributed by atoms with Crippen molar-refractivity contribution >= 4 is 17.3 Å². The van der Waals surface area contributed by atoms with Gasteiger partial charge < -0.3 is 10.2 Å². The van der Waals surface area contributed by atoms with Crippen LogP contribution in [0.4, 0.5) is 0 Å². The number of carboxylic acids is 1. The van der Waals surface area contributed by atoms with Crippen LogP contribution in [-0.4, -0.2) is 30.5 Å². The van der Waals surface area contributed by atoms with Gasteiger partial charge in [-0.1, -0.05) is 29.5 Å². The van der Waals surface area contributed by atoms with E-state index in [2.05, 4.69) is 5.10 Å². The van der Waals surface area contributed by atoms with E-state index in [0.29, 0.717) is 17.7 Å². The Labute approximate surface area is 160 Å². The molecule has 0 unspecified atom stereocenters. The van der Waals surface area contributed by atoms with Crippen LogP contribution in [0.2, 0.25) is 0 Å². The molecule has 0 aliphatic carbocycles. The number of para-hydroxylation sites is 1. The molecule has 2 heterocycles. The summed E-state index contributed by atoms with van der Waals surface area (Å²) in [5.74, 6) is -1.00. The van der Waals surface area contributed by atoms with Crippen molar-refractivity contribution in [2.75, 3.05) is 0 Å². The van der Waals surface area contributed by atoms with Crippen molar-refractivity contribution in [3.05, 3.63) is 61.8 Å². The summed E-state index contributed by atoms with van der Waals surface area (Å²) in [6.45, 7) is 4.17. The standard InChI is InChI=1S/C19H21N3O4S/c1-12-6-3-4-7-15(12)22-13(2)14(11-20-22)10-16-18(25)21(19(26)27-16)9-5-8-17(23)24/h3-4,6-7,11,25H,5,8-10H2,1-2H3,(H,23,24). The monoisotopic (exact) mass is 387 g/mol. The molecule has 0 saturated carbocycles. The van der Waals surface area contributed by atoms with Crippen molar-refractivity contribution < 1.29 is 15.0 Å². The van der Waals surface area contributed by atoms with Gasteiger partial charge in [0.1, 0.15) is 0 Å². The van der Waals surface area contributed by atoms with E-state index in [1.54, 1.807) is 6.20 Å². The van der Waals surface area contributed by atoms with Gasteiger partial charge in [0.15, 0.2) is 0 Å². The highest BCUT2D eigenvalue weighted by atomic mass is 32.1. The van der Waals surface area contributed by atoms with E-state index >= 15 is 0 Å². The molecule has 0 amide bonds. The molecule has 0 fully saturated rings. The predicted octanol–water partition coefficient (Wildman–Crippen LogP) is 2.87. The van der Waals surface area contributed by atoms with Gasteiger partial charge in [-0.15, -0.1) is 0 Å². The van der Waals surface area contributed by atoms with E-state index in [9.17, 15) is 14.7 Å². The number of hydrogen-bond acceptors (Lipinski definition) is 5. The summed E-state index contributed by atoms with van der Waals surface area (Å²) in [5.41, 5.74) is 3.96. The van der Waals surface area contributed by atoms with Crippen molar-refractivity contribution in [2.24, 2.45) is 0 Å². The Bertz CT molecular complexity index is 1030. The lowest BCUT2D eigenvalue weighted by Crippen LogP contribution is -2.13. The summed E-state index contributed by atoms with van der Waals surface area (Å²) >= 11 is 0.985. The first-order valence-electron chi connectivity index (χ1n) is 8.61. The molecule has 2 aromatic heterocycles. The Hall–Kier alpha value is -2.87. The normalized spacial score (nSPS) is 11.0. The highest BCUT2D eigenvalue weighted by Crippen LogP contribution is 2.26. The molecule has 0 bridgehead atoms. The van der Waals surface area contributed by atoms with Crippen molar-refractivity contribution in [1.82, 2.24) is 14.3 Å². The van der Waals surface area contributed by atoms with E-state index in [1.165, 1.54) is 4.57 Å². The van der Waals surface area contributed by atoms with Gasteiger partial charge in [-0.2, -0.15) is 5.10 Å². The summed E-state index contributed by atoms with van der Waals surface area (Å²) in [6, 6.07) is 7.94. The molecule has 2 N–H and O–H groups in total. The molecule has 0 radical (unpaired) electrons. The summed E-state index contributed by atoms with van der Waals surface area (Å²) in [4.78, 5) is 23.0. The number of carbonyl (C=O) groups is 1. The maximum absolute atomic E-state index is 12.1. The zero-order chi connectivity index (χ0) is 19.6. The number of aromatic hydroxyl groups is 1. The average molecular weight is 387 g/mol. The molecule has 7 nitrogen and oxygen atoms in total. The Balaban J connectivity index is 1.84. The highest BCUT2D eigenvalue weighted by molar-refractivity contribution is 7.09. The number of benzene rings is 1. The second-order valence-electron chi connectivity index (χ2n) is 6.39. The highest BCUT2D eigenvalue weighted by Gasteiger charge is 2.17. The second-order valence-corrected chi connectivity index (χ2v) is 7.44. The van der Waals surface area contributed by atoms with Crippen LogP contribution in [0.25, 0.3) is 5.69 Å². The molecule has 27 heavy (non-hydrogen) atoms. The Morgan fingerprint density at radius 3 is 2.70 bits per heavy atom. The number of nitrogens with zero attached hydrogens (tertiary/aromatic N) is 3. The Morgan fingerprint density at radius 1 is 1.26 bits per heavy atom. The zero-order valence-electron chi connectivity index (χ0n) is 15.2. The molecule has 142 valence electrons. The minimum atomic E-state index is -0.919. The van der Waals surface area contributed by atoms with Crippen LogP contribution in [0.15, 0.2) is 35.3 Å². The second kappa shape index (κ2) is 7.79. The number of rotatable bonds is 7. The van der Waals surface area contributed by atoms with E-state index in [4.69, 9.17) is 5.11 Å². The van der Waals surface area contributed by atoms with Gasteiger partial charge in [-0.3, -0.25) is 14.2 Å². The minimum Gasteiger partial charge on any atom is -0.494 e. The summed E-state index contributed by atoms with van der Waals surface area (Å²) in [5, 5.41) is 23.6. The first-order chi connectivity index (χ1) is 12.9. The van der Waals surface area contributed by atoms with E-state index in [-0.39, 0.29) is 23.7 Å². The third-order valence-electron chi connectivity index (χ3n) is 4.51. The number of aromatic nitrogens is 3. The van der Waals surface area contributed by atoms with Gasteiger partial charge in [0.25, 0.3) is 0 Å². The minimum absolute atomic E-state index is 0.0423. The molecule has 3 rings (SSSR count). The molecule has 0 atom stereocenters. The van der Waals surface area contributed by atoms with Crippen LogP contribution in [0.3, 0.4) is 0 Å². The summed E-state index contributed by atoms with van der Waals surface area (Å²) < 4.78 is 3.10. The van der Waals surface area contributed by atoms with Gasteiger partial charge in [-0.25, -0.2) is 4.68 Å². The van der Waals surface area contributed by atoms with Crippen LogP contribution in [0.5, 0.6) is 5.88 Å². The lowest BCUT2D eigenvalue weighted by atomic mass is 10.1. The number of hydrogen-bond donors (Lipinski definition) is 2. The molecule has 8 heteroatoms. The molecule has 3 aromatic rings. The van der Waals surface area contributed by atoms with Gasteiger partial charge in [-0.05, 0) is 37.5 Å². The smallest absolute Gasteiger partial charge is 0.310 e. The lowest BCUT2D eigenvalue weighted by Gasteiger charge is -2.08. The Morgan fingerprint density at radius 2 is 2.00 bits per heavy atom. The fraction of sp³-hybridized carbons (Fsp3) is 0.316. The predicted molar refractivity (Wildman–Crippen MR) is 103 cm³/mol. The third-order valence-corrected chi connectivity index (χ3v) is 5.48. The van der Waals surface area contributed by atoms with Crippen LogP contribution in [0.1, 0.15) is 34.5 Å². The molecule has 0 spiro atoms. The quantitative estimate of drug-likeness (QED) is 0.650. The van der Waals surface area contributed by atoms with Crippen molar-refractivity contribution in [3.63, 3.8) is 0 Å². The largest absolute Gasteiger partial charge is 0.494 e. The van der Waals surface area contributed by atoms with E-state index in [0.717, 1.165) is 33.8 Å².